The van der Waals surface area contributed by atoms with Gasteiger partial charge < -0.3 is 0 Å². The van der Waals surface area contributed by atoms with Gasteiger partial charge in [-0.1, -0.05) is 11.8 Å². The van der Waals surface area contributed by atoms with Crippen molar-refractivity contribution < 1.29 is 4.79 Å². The van der Waals surface area contributed by atoms with Gasteiger partial charge in [-0.3, -0.25) is 0 Å². The van der Waals surface area contributed by atoms with Gasteiger partial charge >= 0.3 is 0 Å². The number of aliphatic imine (C=N–C) groups is 1. The lowest BCUT2D eigenvalue weighted by Gasteiger charge is -1.96. The molecule has 1 aromatic heterocycles. The molecule has 1 aromatic rings. The van der Waals surface area contributed by atoms with E-state index >= 15 is 0 Å². The molecule has 0 saturated heterocycles. The van der Waals surface area contributed by atoms with E-state index in [1.165, 1.54) is 17.8 Å². The quantitative estimate of drug-likeness (QED) is 0.385. The van der Waals surface area contributed by atoms with E-state index in [0.717, 1.165) is 0 Å². The van der Waals surface area contributed by atoms with Crippen LogP contribution in [0.4, 0.5) is 5.82 Å². The van der Waals surface area contributed by atoms with Crippen molar-refractivity contribution in [3.05, 3.63) is 5.69 Å². The third-order valence-electron chi connectivity index (χ3n) is 1.15. The lowest BCUT2D eigenvalue weighted by atomic mass is 10.5. The summed E-state index contributed by atoms with van der Waals surface area (Å²) in [7, 11) is 0. The fraction of sp³-hybridized carbons (Fsp3) is 0.333. The number of nitrogens with zero attached hydrogens (tertiary/aromatic N) is 4. The van der Waals surface area contributed by atoms with E-state index < -0.39 is 0 Å². The van der Waals surface area contributed by atoms with Crippen molar-refractivity contribution in [2.24, 2.45) is 4.99 Å². The van der Waals surface area contributed by atoms with Crippen molar-refractivity contribution in [1.82, 2.24) is 15.2 Å². The van der Waals surface area contributed by atoms with Crippen LogP contribution in [0.1, 0.15) is 5.69 Å². The highest BCUT2D eigenvalue weighted by Gasteiger charge is 2.01. The highest BCUT2D eigenvalue weighted by Crippen LogP contribution is 2.13. The first kappa shape index (κ1) is 8.83. The number of aryl methyl sites for hydroxylation is 1. The Hall–Kier alpha value is -1.26. The van der Waals surface area contributed by atoms with Crippen LogP contribution in [0, 0.1) is 6.92 Å². The molecule has 0 aromatic carbocycles. The number of rotatable bonds is 2. The summed E-state index contributed by atoms with van der Waals surface area (Å²) in [5, 5.41) is 7.95. The van der Waals surface area contributed by atoms with Crippen LogP contribution in [0.3, 0.4) is 0 Å². The van der Waals surface area contributed by atoms with Gasteiger partial charge in [-0.25, -0.2) is 9.78 Å². The average Bonchev–Trinajstić information content (AvgIpc) is 2.09. The Kier molecular flexibility index (Phi) is 2.90. The van der Waals surface area contributed by atoms with E-state index in [9.17, 15) is 4.79 Å². The maximum atomic E-state index is 9.89. The predicted octanol–water partition coefficient (Wildman–Crippen LogP) is 0.869. The zero-order valence-electron chi connectivity index (χ0n) is 6.61. The fourth-order valence-corrected chi connectivity index (χ4v) is 0.962. The molecule has 0 aliphatic rings. The highest BCUT2D eigenvalue weighted by molar-refractivity contribution is 7.98. The van der Waals surface area contributed by atoms with E-state index in [0.29, 0.717) is 10.9 Å². The van der Waals surface area contributed by atoms with Crippen molar-refractivity contribution >= 4 is 23.7 Å². The summed E-state index contributed by atoms with van der Waals surface area (Å²) in [5.74, 6) is 0.225. The zero-order valence-corrected chi connectivity index (χ0v) is 7.42. The maximum absolute atomic E-state index is 9.89. The van der Waals surface area contributed by atoms with Crippen LogP contribution in [-0.2, 0) is 4.79 Å². The molecule has 1 heterocycles. The smallest absolute Gasteiger partial charge is 0.222 e. The summed E-state index contributed by atoms with van der Waals surface area (Å²) in [6, 6.07) is 0. The summed E-state index contributed by atoms with van der Waals surface area (Å²) >= 11 is 1.38. The summed E-state index contributed by atoms with van der Waals surface area (Å²) in [5.41, 5.74) is 0.581. The minimum absolute atomic E-state index is 0.225. The molecule has 1 rings (SSSR count). The average molecular weight is 182 g/mol. The summed E-state index contributed by atoms with van der Waals surface area (Å²) in [6.07, 6.45) is 3.23. The van der Waals surface area contributed by atoms with Crippen molar-refractivity contribution in [1.29, 1.82) is 0 Å². The molecular formula is C6H6N4OS. The monoisotopic (exact) mass is 182 g/mol. The molecule has 0 aliphatic carbocycles. The van der Waals surface area contributed by atoms with E-state index in [-0.39, 0.29) is 5.82 Å². The Labute approximate surface area is 73.3 Å². The molecule has 0 unspecified atom stereocenters. The molecule has 6 heteroatoms. The van der Waals surface area contributed by atoms with Crippen LogP contribution >= 0.6 is 11.8 Å². The molecule has 12 heavy (non-hydrogen) atoms. The first-order valence-electron chi connectivity index (χ1n) is 3.11. The number of isocyanates is 1. The largest absolute Gasteiger partial charge is 0.242 e. The van der Waals surface area contributed by atoms with Crippen molar-refractivity contribution in [3.8, 4) is 0 Å². The first-order chi connectivity index (χ1) is 5.77. The van der Waals surface area contributed by atoms with Crippen molar-refractivity contribution in [2.45, 2.75) is 12.1 Å². The summed E-state index contributed by atoms with van der Waals surface area (Å²) < 4.78 is 0. The molecule has 0 atom stereocenters. The van der Waals surface area contributed by atoms with E-state index in [1.807, 2.05) is 6.26 Å². The van der Waals surface area contributed by atoms with Gasteiger partial charge in [0.2, 0.25) is 17.1 Å². The number of carbonyl (C=O) groups excluding carboxylic acids is 1. The van der Waals surface area contributed by atoms with Gasteiger partial charge in [0.05, 0.1) is 5.69 Å². The standard InChI is InChI=1S/C6H6N4OS/c1-4-5(7-3-11)9-10-6(8-4)12-2/h1-2H3. The molecule has 5 nitrogen and oxygen atoms in total. The Bertz CT molecular complexity index is 334. The van der Waals surface area contributed by atoms with Gasteiger partial charge in [0.1, 0.15) is 0 Å². The van der Waals surface area contributed by atoms with Crippen molar-refractivity contribution in [2.75, 3.05) is 6.26 Å². The SMILES string of the molecule is CSc1nnc(N=C=O)c(C)n1. The zero-order chi connectivity index (χ0) is 8.97. The Balaban J connectivity index is 3.11. The molecular weight excluding hydrogens is 176 g/mol. The Morgan fingerprint density at radius 1 is 1.50 bits per heavy atom. The minimum Gasteiger partial charge on any atom is -0.222 e. The molecule has 0 fully saturated rings. The van der Waals surface area contributed by atoms with Gasteiger partial charge in [-0.05, 0) is 13.2 Å². The van der Waals surface area contributed by atoms with Crippen LogP contribution in [-0.4, -0.2) is 27.5 Å². The van der Waals surface area contributed by atoms with Gasteiger partial charge in [0, 0.05) is 0 Å². The molecule has 0 aliphatic heterocycles. The lowest BCUT2D eigenvalue weighted by molar-refractivity contribution is 0.565. The predicted molar refractivity (Wildman–Crippen MR) is 44.1 cm³/mol. The topological polar surface area (TPSA) is 68.1 Å². The fourth-order valence-electron chi connectivity index (χ4n) is 0.611. The normalized spacial score (nSPS) is 9.17. The van der Waals surface area contributed by atoms with Gasteiger partial charge in [0.25, 0.3) is 0 Å². The van der Waals surface area contributed by atoms with Gasteiger partial charge in [-0.2, -0.15) is 0 Å². The van der Waals surface area contributed by atoms with E-state index in [2.05, 4.69) is 20.2 Å². The third kappa shape index (κ3) is 1.87. The second-order valence-corrected chi connectivity index (χ2v) is 2.68. The molecule has 0 amide bonds. The second-order valence-electron chi connectivity index (χ2n) is 1.91. The maximum Gasteiger partial charge on any atom is 0.242 e. The van der Waals surface area contributed by atoms with Crippen LogP contribution in [0.25, 0.3) is 0 Å². The van der Waals surface area contributed by atoms with E-state index in [1.54, 1.807) is 6.92 Å². The number of thioether (sulfide) groups is 1. The molecule has 0 saturated carbocycles. The number of aromatic nitrogens is 3. The molecule has 62 valence electrons. The second kappa shape index (κ2) is 3.94. The van der Waals surface area contributed by atoms with Crippen LogP contribution < -0.4 is 0 Å². The van der Waals surface area contributed by atoms with Gasteiger partial charge in [-0.15, -0.1) is 15.2 Å². The summed E-state index contributed by atoms with van der Waals surface area (Å²) in [4.78, 5) is 17.2. The number of hydrogen-bond acceptors (Lipinski definition) is 6. The molecule has 0 bridgehead atoms. The summed E-state index contributed by atoms with van der Waals surface area (Å²) in [6.45, 7) is 1.71. The number of hydrogen-bond donors (Lipinski definition) is 0. The minimum atomic E-state index is 0.225. The Morgan fingerprint density at radius 2 is 2.25 bits per heavy atom. The molecule has 0 spiro atoms. The highest BCUT2D eigenvalue weighted by atomic mass is 32.2. The van der Waals surface area contributed by atoms with Crippen LogP contribution in [0.5, 0.6) is 0 Å². The molecule has 0 N–H and O–H groups in total. The van der Waals surface area contributed by atoms with Crippen LogP contribution in [0.15, 0.2) is 10.1 Å². The van der Waals surface area contributed by atoms with Gasteiger partial charge in [0.15, 0.2) is 0 Å². The van der Waals surface area contributed by atoms with E-state index in [4.69, 9.17) is 0 Å². The van der Waals surface area contributed by atoms with Crippen LogP contribution in [0.2, 0.25) is 0 Å². The third-order valence-corrected chi connectivity index (χ3v) is 1.69. The first-order valence-corrected chi connectivity index (χ1v) is 4.33. The lowest BCUT2D eigenvalue weighted by Crippen LogP contribution is -1.93. The van der Waals surface area contributed by atoms with Crippen molar-refractivity contribution in [3.63, 3.8) is 0 Å². The molecule has 0 radical (unpaired) electrons. The Morgan fingerprint density at radius 3 is 2.75 bits per heavy atom.